The van der Waals surface area contributed by atoms with Crippen LogP contribution in [0.2, 0.25) is 10.1 Å². The van der Waals surface area contributed by atoms with Crippen LogP contribution in [-0.4, -0.2) is 70.6 Å². The Bertz CT molecular complexity index is 1220. The van der Waals surface area contributed by atoms with E-state index >= 15 is 0 Å². The van der Waals surface area contributed by atoms with Gasteiger partial charge in [0.2, 0.25) is 0 Å². The van der Waals surface area contributed by atoms with Crippen molar-refractivity contribution in [3.8, 4) is 0 Å². The van der Waals surface area contributed by atoms with Crippen LogP contribution < -0.4 is 0 Å². The fraction of sp³-hybridized carbons (Fsp3) is 0.684. The highest BCUT2D eigenvalue weighted by Gasteiger charge is 2.63. The lowest BCUT2D eigenvalue weighted by Gasteiger charge is -2.56. The predicted octanol–water partition coefficient (Wildman–Crippen LogP) is 7.89. The van der Waals surface area contributed by atoms with Crippen LogP contribution in [0.4, 0.5) is 0 Å². The van der Waals surface area contributed by atoms with Gasteiger partial charge in [-0.15, -0.1) is 0 Å². The van der Waals surface area contributed by atoms with Crippen molar-refractivity contribution in [2.45, 2.75) is 152 Å². The third kappa shape index (κ3) is 7.65. The van der Waals surface area contributed by atoms with E-state index in [1.54, 1.807) is 0 Å². The van der Waals surface area contributed by atoms with E-state index in [2.05, 4.69) is 90.1 Å². The molecule has 4 saturated heterocycles. The van der Waals surface area contributed by atoms with Crippen LogP contribution in [0, 0.1) is 0 Å². The molecule has 0 radical (unpaired) electrons. The molecule has 4 heterocycles. The van der Waals surface area contributed by atoms with Crippen LogP contribution in [0.15, 0.2) is 60.7 Å². The number of hydrogen-bond donors (Lipinski definition) is 0. The molecule has 2 aromatic carbocycles. The fourth-order valence-corrected chi connectivity index (χ4v) is 13.2. The summed E-state index contributed by atoms with van der Waals surface area (Å²) in [6, 6.07) is 20.7. The van der Waals surface area contributed by atoms with Crippen LogP contribution >= 0.6 is 0 Å². The van der Waals surface area contributed by atoms with Crippen molar-refractivity contribution in [1.82, 2.24) is 0 Å². The maximum Gasteiger partial charge on any atom is 0.349 e. The van der Waals surface area contributed by atoms with Crippen molar-refractivity contribution >= 4 is 8.56 Å². The fourth-order valence-electron chi connectivity index (χ4n) is 8.21. The average Bonchev–Trinajstić information content (AvgIpc) is 3.29. The molecule has 8 atom stereocenters. The molecule has 8 heteroatoms. The first-order chi connectivity index (χ1) is 22.0. The van der Waals surface area contributed by atoms with Crippen LogP contribution in [-0.2, 0) is 45.8 Å². The molecule has 4 aliphatic rings. The molecule has 0 saturated carbocycles. The third-order valence-electron chi connectivity index (χ3n) is 10.4. The van der Waals surface area contributed by atoms with Crippen LogP contribution in [0.1, 0.15) is 91.2 Å². The van der Waals surface area contributed by atoms with Crippen LogP contribution in [0.25, 0.3) is 0 Å². The number of ether oxygens (including phenoxy) is 5. The normalized spacial score (nSPS) is 33.2. The molecule has 0 aliphatic carbocycles. The van der Waals surface area contributed by atoms with Gasteiger partial charge in [0.25, 0.3) is 0 Å². The summed E-state index contributed by atoms with van der Waals surface area (Å²) >= 11 is 0. The highest BCUT2D eigenvalue weighted by atomic mass is 28.4. The number of hydrogen-bond acceptors (Lipinski definition) is 7. The Balaban J connectivity index is 1.13. The zero-order chi connectivity index (χ0) is 32.4. The smallest absolute Gasteiger partial charge is 0.349 e. The standard InChI is InChI=1S/C38H56O7Si/c1-37(2,3)46(38(4,5)6)41-26-36-35(45-46)23-34-32(44-36)20-19-30-31(43-34)18-17-29(40-25-28-15-11-8-12-16-28)33(42-30)21-22-39-24-27-13-9-7-10-14-27/h7-16,29-36H,17-26H2,1-6H3/t29-,30-,31+,32+,33+,34-,35+,36-/m1/s1. The molecule has 2 aromatic rings. The van der Waals surface area contributed by atoms with Crippen molar-refractivity contribution in [2.24, 2.45) is 0 Å². The van der Waals surface area contributed by atoms with E-state index in [0.717, 1.165) is 38.5 Å². The average molecular weight is 653 g/mol. The zero-order valence-corrected chi connectivity index (χ0v) is 29.8. The van der Waals surface area contributed by atoms with E-state index in [4.69, 9.17) is 32.5 Å². The highest BCUT2D eigenvalue weighted by molar-refractivity contribution is 6.73. The Morgan fingerprint density at radius 3 is 1.87 bits per heavy atom. The van der Waals surface area contributed by atoms with Gasteiger partial charge in [0.1, 0.15) is 6.10 Å². The van der Waals surface area contributed by atoms with Crippen molar-refractivity contribution in [1.29, 1.82) is 0 Å². The van der Waals surface area contributed by atoms with Gasteiger partial charge in [-0.3, -0.25) is 0 Å². The summed E-state index contributed by atoms with van der Waals surface area (Å²) in [6.45, 7) is 16.0. The Labute approximate surface area is 277 Å². The first kappa shape index (κ1) is 34.2. The molecule has 0 spiro atoms. The summed E-state index contributed by atoms with van der Waals surface area (Å²) in [5.41, 5.74) is 2.36. The first-order valence-electron chi connectivity index (χ1n) is 17.6. The third-order valence-corrected chi connectivity index (χ3v) is 15.5. The number of benzene rings is 2. The van der Waals surface area contributed by atoms with Gasteiger partial charge in [-0.25, -0.2) is 0 Å². The largest absolute Gasteiger partial charge is 0.391 e. The van der Waals surface area contributed by atoms with Gasteiger partial charge in [-0.1, -0.05) is 102 Å². The SMILES string of the molecule is CC(C)(C)[Si]1(C(C)(C)C)OC[C@H]2O[C@H]3CC[C@H]4O[C@@H](CCOCc5ccccc5)[C@H](OCc5ccccc5)CC[C@@H]4O[C@@H]3C[C@@H]2O1. The topological polar surface area (TPSA) is 64.6 Å². The van der Waals surface area contributed by atoms with E-state index in [1.807, 2.05) is 12.1 Å². The van der Waals surface area contributed by atoms with Gasteiger partial charge >= 0.3 is 8.56 Å². The van der Waals surface area contributed by atoms with Gasteiger partial charge in [0, 0.05) is 23.1 Å². The Morgan fingerprint density at radius 2 is 1.22 bits per heavy atom. The van der Waals surface area contributed by atoms with Crippen LogP contribution in [0.5, 0.6) is 0 Å². The van der Waals surface area contributed by atoms with Crippen molar-refractivity contribution in [3.05, 3.63) is 71.8 Å². The molecule has 0 unspecified atom stereocenters. The van der Waals surface area contributed by atoms with Gasteiger partial charge in [-0.05, 0) is 43.2 Å². The summed E-state index contributed by atoms with van der Waals surface area (Å²) in [4.78, 5) is 0. The molecule has 4 fully saturated rings. The number of fused-ring (bicyclic) bond motifs is 3. The van der Waals surface area contributed by atoms with E-state index in [-0.39, 0.29) is 58.9 Å². The Hall–Kier alpha value is -1.62. The highest BCUT2D eigenvalue weighted by Crippen LogP contribution is 2.55. The van der Waals surface area contributed by atoms with Crippen molar-refractivity contribution in [3.63, 3.8) is 0 Å². The molecule has 0 amide bonds. The minimum absolute atomic E-state index is 0.000266. The zero-order valence-electron chi connectivity index (χ0n) is 28.8. The summed E-state index contributed by atoms with van der Waals surface area (Å²) in [6.07, 6.45) is 5.06. The Morgan fingerprint density at radius 1 is 0.652 bits per heavy atom. The van der Waals surface area contributed by atoms with E-state index in [1.165, 1.54) is 11.1 Å². The summed E-state index contributed by atoms with van der Waals surface area (Å²) in [5.74, 6) is 0. The summed E-state index contributed by atoms with van der Waals surface area (Å²) in [5, 5.41) is -0.127. The van der Waals surface area contributed by atoms with Crippen LogP contribution in [0.3, 0.4) is 0 Å². The molecule has 4 aliphatic heterocycles. The lowest BCUT2D eigenvalue weighted by Crippen LogP contribution is -2.67. The van der Waals surface area contributed by atoms with Gasteiger partial charge in [0.05, 0.1) is 62.5 Å². The predicted molar refractivity (Wildman–Crippen MR) is 181 cm³/mol. The maximum absolute atomic E-state index is 7.10. The lowest BCUT2D eigenvalue weighted by molar-refractivity contribution is -0.218. The minimum Gasteiger partial charge on any atom is -0.391 e. The van der Waals surface area contributed by atoms with E-state index in [9.17, 15) is 0 Å². The molecule has 46 heavy (non-hydrogen) atoms. The Kier molecular flexibility index (Phi) is 10.8. The van der Waals surface area contributed by atoms with Gasteiger partial charge in [-0.2, -0.15) is 0 Å². The number of rotatable bonds is 8. The minimum atomic E-state index is -2.59. The summed E-state index contributed by atoms with van der Waals surface area (Å²) < 4.78 is 47.2. The molecular formula is C38H56O7Si. The van der Waals surface area contributed by atoms with E-state index in [0.29, 0.717) is 26.4 Å². The maximum atomic E-state index is 7.10. The quantitative estimate of drug-likeness (QED) is 0.212. The van der Waals surface area contributed by atoms with Gasteiger partial charge < -0.3 is 32.5 Å². The van der Waals surface area contributed by atoms with Gasteiger partial charge in [0.15, 0.2) is 0 Å². The second kappa shape index (κ2) is 14.5. The molecule has 0 bridgehead atoms. The second-order valence-corrected chi connectivity index (χ2v) is 20.5. The second-order valence-electron chi connectivity index (χ2n) is 15.8. The molecule has 7 nitrogen and oxygen atoms in total. The first-order valence-corrected chi connectivity index (χ1v) is 19.4. The summed E-state index contributed by atoms with van der Waals surface area (Å²) in [7, 11) is -2.59. The van der Waals surface area contributed by atoms with E-state index < -0.39 is 8.56 Å². The molecule has 6 rings (SSSR count). The van der Waals surface area contributed by atoms with Crippen molar-refractivity contribution in [2.75, 3.05) is 13.2 Å². The molecular weight excluding hydrogens is 596 g/mol. The molecule has 0 aromatic heterocycles. The van der Waals surface area contributed by atoms with Crippen molar-refractivity contribution < 1.29 is 32.5 Å². The lowest BCUT2D eigenvalue weighted by atomic mass is 9.95. The molecule has 254 valence electrons. The molecule has 0 N–H and O–H groups in total. The monoisotopic (exact) mass is 652 g/mol.